The number of carbonyl (C=O) groups excluding carboxylic acids is 1. The van der Waals surface area contributed by atoms with Crippen LogP contribution in [0.25, 0.3) is 0 Å². The summed E-state index contributed by atoms with van der Waals surface area (Å²) < 4.78 is 10.6. The van der Waals surface area contributed by atoms with Crippen LogP contribution in [0.5, 0.6) is 11.5 Å². The van der Waals surface area contributed by atoms with E-state index in [4.69, 9.17) is 9.47 Å². The molecule has 0 aliphatic rings. The second-order valence-corrected chi connectivity index (χ2v) is 6.69. The number of hydrogen-bond acceptors (Lipinski definition) is 4. The van der Waals surface area contributed by atoms with Gasteiger partial charge in [0.2, 0.25) is 5.91 Å². The van der Waals surface area contributed by atoms with Crippen LogP contribution in [0.1, 0.15) is 30.5 Å². The number of benzene rings is 2. The minimum Gasteiger partial charge on any atom is -0.493 e. The lowest BCUT2D eigenvalue weighted by Gasteiger charge is -2.18. The molecule has 2 aromatic rings. The fraction of sp³-hybridized carbons (Fsp3) is 0.409. The van der Waals surface area contributed by atoms with Gasteiger partial charge in [-0.05, 0) is 43.7 Å². The fourth-order valence-electron chi connectivity index (χ4n) is 2.90. The van der Waals surface area contributed by atoms with Crippen LogP contribution in [0.2, 0.25) is 0 Å². The third-order valence-corrected chi connectivity index (χ3v) is 4.63. The van der Waals surface area contributed by atoms with Crippen molar-refractivity contribution in [3.8, 4) is 11.5 Å². The van der Waals surface area contributed by atoms with E-state index in [0.29, 0.717) is 6.42 Å². The second kappa shape index (κ2) is 10.6. The summed E-state index contributed by atoms with van der Waals surface area (Å²) in [4.78, 5) is 14.4. The Bertz CT molecular complexity index is 719. The van der Waals surface area contributed by atoms with Gasteiger partial charge in [-0.1, -0.05) is 36.4 Å². The van der Waals surface area contributed by atoms with Crippen LogP contribution < -0.4 is 14.8 Å². The number of nitrogens with zero attached hydrogens (tertiary/aromatic N) is 1. The molecule has 2 aromatic carbocycles. The number of likely N-dealkylation sites (N-methyl/N-ethyl adjacent to an activating group) is 1. The maximum Gasteiger partial charge on any atom is 0.221 e. The van der Waals surface area contributed by atoms with Crippen LogP contribution in [0.15, 0.2) is 48.5 Å². The average molecular weight is 370 g/mol. The molecule has 0 heterocycles. The number of ether oxygens (including phenoxy) is 2. The van der Waals surface area contributed by atoms with Crippen LogP contribution in [0.3, 0.4) is 0 Å². The van der Waals surface area contributed by atoms with Crippen LogP contribution in [-0.2, 0) is 11.2 Å². The molecular weight excluding hydrogens is 340 g/mol. The quantitative estimate of drug-likeness (QED) is 0.696. The zero-order chi connectivity index (χ0) is 19.6. The molecule has 0 fully saturated rings. The number of rotatable bonds is 10. The number of amides is 1. The second-order valence-electron chi connectivity index (χ2n) is 6.69. The topological polar surface area (TPSA) is 50.8 Å². The summed E-state index contributed by atoms with van der Waals surface area (Å²) in [5.41, 5.74) is 2.30. The van der Waals surface area contributed by atoms with E-state index in [0.717, 1.165) is 36.6 Å². The highest BCUT2D eigenvalue weighted by atomic mass is 16.5. The van der Waals surface area contributed by atoms with E-state index >= 15 is 0 Å². The van der Waals surface area contributed by atoms with Gasteiger partial charge < -0.3 is 19.7 Å². The van der Waals surface area contributed by atoms with Gasteiger partial charge in [0, 0.05) is 19.5 Å². The van der Waals surface area contributed by atoms with Crippen molar-refractivity contribution in [2.45, 2.75) is 25.8 Å². The minimum absolute atomic E-state index is 0.0239. The summed E-state index contributed by atoms with van der Waals surface area (Å²) in [6, 6.07) is 16.0. The van der Waals surface area contributed by atoms with Crippen LogP contribution in [-0.4, -0.2) is 45.2 Å². The van der Waals surface area contributed by atoms with Gasteiger partial charge in [-0.2, -0.15) is 0 Å². The summed E-state index contributed by atoms with van der Waals surface area (Å²) in [6.45, 7) is 3.60. The van der Waals surface area contributed by atoms with Crippen molar-refractivity contribution in [2.75, 3.05) is 34.4 Å². The van der Waals surface area contributed by atoms with Gasteiger partial charge >= 0.3 is 0 Å². The Labute approximate surface area is 162 Å². The lowest BCUT2D eigenvalue weighted by Crippen LogP contribution is -2.31. The molecule has 2 rings (SSSR count). The third-order valence-electron chi connectivity index (χ3n) is 4.63. The first-order valence-corrected chi connectivity index (χ1v) is 9.27. The first kappa shape index (κ1) is 20.8. The maximum absolute atomic E-state index is 12.2. The Kier molecular flexibility index (Phi) is 8.14. The largest absolute Gasteiger partial charge is 0.493 e. The number of nitrogens with one attached hydrogen (secondary N) is 1. The molecule has 0 aliphatic heterocycles. The predicted octanol–water partition coefficient (Wildman–Crippen LogP) is 3.45. The zero-order valence-corrected chi connectivity index (χ0v) is 16.7. The van der Waals surface area contributed by atoms with Crippen LogP contribution in [0.4, 0.5) is 0 Å². The smallest absolute Gasteiger partial charge is 0.221 e. The molecule has 0 spiro atoms. The first-order valence-electron chi connectivity index (χ1n) is 9.27. The molecule has 0 aliphatic carbocycles. The van der Waals surface area contributed by atoms with E-state index in [-0.39, 0.29) is 11.9 Å². The molecular formula is C22H30N2O3. The van der Waals surface area contributed by atoms with Gasteiger partial charge in [0.15, 0.2) is 11.5 Å². The van der Waals surface area contributed by atoms with Crippen LogP contribution in [0, 0.1) is 0 Å². The summed E-state index contributed by atoms with van der Waals surface area (Å²) >= 11 is 0. The van der Waals surface area contributed by atoms with Crippen molar-refractivity contribution in [1.29, 1.82) is 0 Å². The molecule has 0 saturated carbocycles. The van der Waals surface area contributed by atoms with E-state index in [1.807, 2.05) is 62.5 Å². The van der Waals surface area contributed by atoms with E-state index in [1.54, 1.807) is 14.2 Å². The molecule has 0 radical (unpaired) electrons. The zero-order valence-electron chi connectivity index (χ0n) is 16.7. The summed E-state index contributed by atoms with van der Waals surface area (Å²) in [5, 5.41) is 3.06. The molecule has 0 bridgehead atoms. The van der Waals surface area contributed by atoms with Crippen molar-refractivity contribution in [3.05, 3.63) is 59.7 Å². The molecule has 1 N–H and O–H groups in total. The molecule has 146 valence electrons. The highest BCUT2D eigenvalue weighted by molar-refractivity contribution is 5.76. The number of methoxy groups -OCH3 is 2. The Morgan fingerprint density at radius 3 is 2.41 bits per heavy atom. The molecule has 1 amide bonds. The van der Waals surface area contributed by atoms with Gasteiger partial charge in [0.1, 0.15) is 0 Å². The standard InChI is InChI=1S/C22H30N2O3/c1-17(19-8-6-5-7-9-19)23-22(25)13-15-24(2)14-12-18-10-11-20(26-3)21(16-18)27-4/h5-11,16-17H,12-15H2,1-4H3,(H,23,25)/t17-/m0/s1. The van der Waals surface area contributed by atoms with Crippen molar-refractivity contribution < 1.29 is 14.3 Å². The summed E-state index contributed by atoms with van der Waals surface area (Å²) in [7, 11) is 5.31. The van der Waals surface area contributed by atoms with E-state index in [2.05, 4.69) is 10.2 Å². The predicted molar refractivity (Wildman–Crippen MR) is 108 cm³/mol. The molecule has 5 heteroatoms. The normalized spacial score (nSPS) is 11.9. The Hall–Kier alpha value is -2.53. The molecule has 0 saturated heterocycles. The summed E-state index contributed by atoms with van der Waals surface area (Å²) in [6.07, 6.45) is 1.37. The van der Waals surface area contributed by atoms with E-state index in [1.165, 1.54) is 5.56 Å². The molecule has 0 aromatic heterocycles. The van der Waals surface area contributed by atoms with E-state index in [9.17, 15) is 4.79 Å². The van der Waals surface area contributed by atoms with Gasteiger partial charge in [0.25, 0.3) is 0 Å². The van der Waals surface area contributed by atoms with Crippen molar-refractivity contribution in [1.82, 2.24) is 10.2 Å². The molecule has 0 unspecified atom stereocenters. The van der Waals surface area contributed by atoms with Crippen molar-refractivity contribution in [3.63, 3.8) is 0 Å². The summed E-state index contributed by atoms with van der Waals surface area (Å²) in [5.74, 6) is 1.55. The van der Waals surface area contributed by atoms with Gasteiger partial charge in [-0.3, -0.25) is 4.79 Å². The SMILES string of the molecule is COc1ccc(CCN(C)CCC(=O)N[C@@H](C)c2ccccc2)cc1OC. The first-order chi connectivity index (χ1) is 13.0. The van der Waals surface area contributed by atoms with E-state index < -0.39 is 0 Å². The van der Waals surface area contributed by atoms with Crippen LogP contribution >= 0.6 is 0 Å². The lowest BCUT2D eigenvalue weighted by atomic mass is 10.1. The maximum atomic E-state index is 12.2. The fourth-order valence-corrected chi connectivity index (χ4v) is 2.90. The Morgan fingerprint density at radius 1 is 1.04 bits per heavy atom. The number of carbonyl (C=O) groups is 1. The highest BCUT2D eigenvalue weighted by Gasteiger charge is 2.10. The van der Waals surface area contributed by atoms with Crippen molar-refractivity contribution in [2.24, 2.45) is 0 Å². The molecule has 5 nitrogen and oxygen atoms in total. The molecule has 27 heavy (non-hydrogen) atoms. The third kappa shape index (κ3) is 6.61. The lowest BCUT2D eigenvalue weighted by molar-refractivity contribution is -0.122. The monoisotopic (exact) mass is 370 g/mol. The number of hydrogen-bond donors (Lipinski definition) is 1. The van der Waals surface area contributed by atoms with Gasteiger partial charge in [-0.25, -0.2) is 0 Å². The van der Waals surface area contributed by atoms with Gasteiger partial charge in [0.05, 0.1) is 20.3 Å². The molecule has 1 atom stereocenters. The highest BCUT2D eigenvalue weighted by Crippen LogP contribution is 2.27. The Morgan fingerprint density at radius 2 is 1.74 bits per heavy atom. The minimum atomic E-state index is 0.0239. The Balaban J connectivity index is 1.74. The van der Waals surface area contributed by atoms with Crippen molar-refractivity contribution >= 4 is 5.91 Å². The average Bonchev–Trinajstić information content (AvgIpc) is 2.71. The van der Waals surface area contributed by atoms with Gasteiger partial charge in [-0.15, -0.1) is 0 Å².